The maximum absolute atomic E-state index is 12.5. The second-order valence-electron chi connectivity index (χ2n) is 6.47. The number of rotatable bonds is 8. The highest BCUT2D eigenvalue weighted by Gasteiger charge is 2.46. The number of carbonyl (C=O) groups is 2. The highest BCUT2D eigenvalue weighted by atomic mass is 16.6. The molecule has 1 N–H and O–H groups in total. The van der Waals surface area contributed by atoms with Crippen LogP contribution in [0.4, 0.5) is 4.79 Å². The number of carboxylic acid groups (broad SMARTS) is 1. The molecule has 1 amide bonds. The van der Waals surface area contributed by atoms with Crippen molar-refractivity contribution < 1.29 is 19.4 Å². The summed E-state index contributed by atoms with van der Waals surface area (Å²) in [5, 5.41) is 9.78. The van der Waals surface area contributed by atoms with Crippen molar-refractivity contribution in [3.63, 3.8) is 0 Å². The molecule has 0 aliphatic carbocycles. The molecule has 0 fully saturated rings. The molecule has 5 nitrogen and oxygen atoms in total. The Kier molecular flexibility index (Phi) is 7.75. The zero-order valence-electron chi connectivity index (χ0n) is 14.4. The second-order valence-corrected chi connectivity index (χ2v) is 6.47. The van der Waals surface area contributed by atoms with E-state index >= 15 is 0 Å². The first-order chi connectivity index (χ1) is 9.64. The van der Waals surface area contributed by atoms with E-state index in [1.54, 1.807) is 20.8 Å². The summed E-state index contributed by atoms with van der Waals surface area (Å²) in [5.41, 5.74) is -1.80. The molecule has 0 aromatic heterocycles. The van der Waals surface area contributed by atoms with Gasteiger partial charge < -0.3 is 9.84 Å². The summed E-state index contributed by atoms with van der Waals surface area (Å²) in [6, 6.07) is 0. The van der Waals surface area contributed by atoms with Gasteiger partial charge >= 0.3 is 12.1 Å². The van der Waals surface area contributed by atoms with Crippen molar-refractivity contribution in [3.8, 4) is 0 Å². The van der Waals surface area contributed by atoms with Crippen molar-refractivity contribution in [2.75, 3.05) is 6.54 Å². The van der Waals surface area contributed by atoms with Gasteiger partial charge in [-0.1, -0.05) is 33.6 Å². The van der Waals surface area contributed by atoms with Crippen molar-refractivity contribution in [2.45, 2.75) is 84.8 Å². The van der Waals surface area contributed by atoms with Crippen molar-refractivity contribution in [3.05, 3.63) is 0 Å². The highest BCUT2D eigenvalue weighted by Crippen LogP contribution is 2.30. The van der Waals surface area contributed by atoms with Gasteiger partial charge in [0.2, 0.25) is 0 Å². The van der Waals surface area contributed by atoms with Crippen molar-refractivity contribution in [1.82, 2.24) is 4.90 Å². The van der Waals surface area contributed by atoms with Gasteiger partial charge in [-0.15, -0.1) is 0 Å². The van der Waals surface area contributed by atoms with E-state index in [0.29, 0.717) is 38.6 Å². The largest absolute Gasteiger partial charge is 0.479 e. The Morgan fingerprint density at radius 3 is 1.76 bits per heavy atom. The van der Waals surface area contributed by atoms with Crippen molar-refractivity contribution >= 4 is 12.1 Å². The van der Waals surface area contributed by atoms with E-state index < -0.39 is 23.2 Å². The van der Waals surface area contributed by atoms with Crippen LogP contribution in [0, 0.1) is 0 Å². The van der Waals surface area contributed by atoms with Crippen LogP contribution in [-0.4, -0.2) is 39.8 Å². The minimum absolute atomic E-state index is 0.390. The third-order valence-electron chi connectivity index (χ3n) is 3.30. The topological polar surface area (TPSA) is 66.8 Å². The molecule has 0 atom stereocenters. The zero-order chi connectivity index (χ0) is 16.7. The van der Waals surface area contributed by atoms with E-state index in [-0.39, 0.29) is 0 Å². The van der Waals surface area contributed by atoms with Crippen LogP contribution in [0.15, 0.2) is 0 Å². The summed E-state index contributed by atoms with van der Waals surface area (Å²) < 4.78 is 5.42. The summed E-state index contributed by atoms with van der Waals surface area (Å²) in [5.74, 6) is -0.939. The monoisotopic (exact) mass is 301 g/mol. The van der Waals surface area contributed by atoms with E-state index in [4.69, 9.17) is 4.74 Å². The van der Waals surface area contributed by atoms with E-state index in [9.17, 15) is 14.7 Å². The first kappa shape index (κ1) is 19.7. The summed E-state index contributed by atoms with van der Waals surface area (Å²) in [4.78, 5) is 25.9. The van der Waals surface area contributed by atoms with Gasteiger partial charge in [0.05, 0.1) is 0 Å². The summed E-state index contributed by atoms with van der Waals surface area (Å²) in [6.07, 6.45) is 2.45. The molecule has 0 spiro atoms. The minimum atomic E-state index is -1.16. The lowest BCUT2D eigenvalue weighted by molar-refractivity contribution is -0.152. The van der Waals surface area contributed by atoms with Crippen LogP contribution in [0.2, 0.25) is 0 Å². The Bertz CT molecular complexity index is 341. The molecule has 0 saturated heterocycles. The molecule has 0 aromatic rings. The summed E-state index contributed by atoms with van der Waals surface area (Å²) >= 11 is 0. The minimum Gasteiger partial charge on any atom is -0.479 e. The third-order valence-corrected chi connectivity index (χ3v) is 3.30. The second kappa shape index (κ2) is 8.25. The van der Waals surface area contributed by atoms with Gasteiger partial charge in [0.15, 0.2) is 0 Å². The van der Waals surface area contributed by atoms with Crippen LogP contribution >= 0.6 is 0 Å². The molecule has 0 aliphatic heterocycles. The molecule has 124 valence electrons. The van der Waals surface area contributed by atoms with E-state index in [1.807, 2.05) is 20.8 Å². The Labute approximate surface area is 128 Å². The lowest BCUT2D eigenvalue weighted by atomic mass is 9.86. The number of carboxylic acids is 1. The van der Waals surface area contributed by atoms with Crippen molar-refractivity contribution in [1.29, 1.82) is 0 Å². The molecular formula is C16H31NO4. The summed E-state index contributed by atoms with van der Waals surface area (Å²) in [7, 11) is 0. The molecule has 0 bridgehead atoms. The molecule has 0 rings (SSSR count). The van der Waals surface area contributed by atoms with Crippen LogP contribution < -0.4 is 0 Å². The normalized spacial score (nSPS) is 12.1. The number of hydrogen-bond donors (Lipinski definition) is 1. The molecule has 21 heavy (non-hydrogen) atoms. The third kappa shape index (κ3) is 5.56. The lowest BCUT2D eigenvalue weighted by Crippen LogP contribution is -2.58. The molecule has 0 unspecified atom stereocenters. The number of amides is 1. The molecule has 0 aliphatic rings. The quantitative estimate of drug-likeness (QED) is 0.734. The highest BCUT2D eigenvalue weighted by molar-refractivity contribution is 5.84. The van der Waals surface area contributed by atoms with E-state index in [1.165, 1.54) is 4.90 Å². The van der Waals surface area contributed by atoms with Crippen LogP contribution in [0.3, 0.4) is 0 Å². The Balaban J connectivity index is 5.59. The Morgan fingerprint density at radius 2 is 1.48 bits per heavy atom. The number of carbonyl (C=O) groups excluding carboxylic acids is 1. The van der Waals surface area contributed by atoms with Crippen molar-refractivity contribution in [2.24, 2.45) is 0 Å². The van der Waals surface area contributed by atoms with Gasteiger partial charge in [-0.25, -0.2) is 9.59 Å². The SMILES string of the molecule is CCCN(C(=O)OC(C)(C)C)C(CCC)(CCC)C(=O)O. The average molecular weight is 301 g/mol. The molecule has 0 heterocycles. The standard InChI is InChI=1S/C16H31NO4/c1-7-10-16(11-8-2,13(18)19)17(12-9-3)14(20)21-15(4,5)6/h7-12H2,1-6H3,(H,18,19). The predicted molar refractivity (Wildman–Crippen MR) is 83.4 cm³/mol. The average Bonchev–Trinajstić information content (AvgIpc) is 2.33. The van der Waals surface area contributed by atoms with Gasteiger partial charge in [-0.05, 0) is 40.0 Å². The predicted octanol–water partition coefficient (Wildman–Crippen LogP) is 4.06. The zero-order valence-corrected chi connectivity index (χ0v) is 14.4. The Hall–Kier alpha value is -1.26. The smallest absolute Gasteiger partial charge is 0.411 e. The number of aliphatic carboxylic acids is 1. The van der Waals surface area contributed by atoms with Crippen LogP contribution in [0.25, 0.3) is 0 Å². The maximum Gasteiger partial charge on any atom is 0.411 e. The van der Waals surface area contributed by atoms with Gasteiger partial charge in [0.1, 0.15) is 11.1 Å². The molecule has 5 heteroatoms. The number of nitrogens with zero attached hydrogens (tertiary/aromatic N) is 1. The fraction of sp³-hybridized carbons (Fsp3) is 0.875. The molecule has 0 saturated carbocycles. The summed E-state index contributed by atoms with van der Waals surface area (Å²) in [6.45, 7) is 11.6. The van der Waals surface area contributed by atoms with E-state index in [0.717, 1.165) is 0 Å². The van der Waals surface area contributed by atoms with E-state index in [2.05, 4.69) is 0 Å². The van der Waals surface area contributed by atoms with Crippen LogP contribution in [0.5, 0.6) is 0 Å². The van der Waals surface area contributed by atoms with Gasteiger partial charge in [-0.3, -0.25) is 4.90 Å². The molecular weight excluding hydrogens is 270 g/mol. The Morgan fingerprint density at radius 1 is 1.00 bits per heavy atom. The fourth-order valence-corrected chi connectivity index (χ4v) is 2.57. The first-order valence-electron chi connectivity index (χ1n) is 7.88. The molecule has 0 aromatic carbocycles. The maximum atomic E-state index is 12.5. The molecule has 0 radical (unpaired) electrons. The number of ether oxygens (including phenoxy) is 1. The van der Waals surface area contributed by atoms with Crippen LogP contribution in [0.1, 0.15) is 73.6 Å². The van der Waals surface area contributed by atoms with Gasteiger partial charge in [-0.2, -0.15) is 0 Å². The van der Waals surface area contributed by atoms with Gasteiger partial charge in [0, 0.05) is 6.54 Å². The fourth-order valence-electron chi connectivity index (χ4n) is 2.57. The van der Waals surface area contributed by atoms with Gasteiger partial charge in [0.25, 0.3) is 0 Å². The van der Waals surface area contributed by atoms with Crippen LogP contribution in [-0.2, 0) is 9.53 Å². The first-order valence-corrected chi connectivity index (χ1v) is 7.88. The number of hydrogen-bond acceptors (Lipinski definition) is 3. The lowest BCUT2D eigenvalue weighted by Gasteiger charge is -2.41.